The van der Waals surface area contributed by atoms with Crippen molar-refractivity contribution >= 4 is 17.3 Å². The molecule has 0 aliphatic heterocycles. The maximum atomic E-state index is 11.5. The monoisotopic (exact) mass is 323 g/mol. The highest BCUT2D eigenvalue weighted by molar-refractivity contribution is 7.15. The van der Waals surface area contributed by atoms with Gasteiger partial charge in [0, 0.05) is 5.56 Å². The van der Waals surface area contributed by atoms with Gasteiger partial charge in [-0.3, -0.25) is 0 Å². The molecule has 0 amide bonds. The first-order chi connectivity index (χ1) is 10.4. The van der Waals surface area contributed by atoms with Crippen LogP contribution in [0.3, 0.4) is 0 Å². The van der Waals surface area contributed by atoms with Crippen LogP contribution in [-0.2, 0) is 0 Å². The summed E-state index contributed by atoms with van der Waals surface area (Å²) >= 11 is 1.47. The molecule has 7 heteroatoms. The zero-order valence-electron chi connectivity index (χ0n) is 13.0. The van der Waals surface area contributed by atoms with Crippen LogP contribution in [0.2, 0.25) is 0 Å². The number of nitrogens with zero attached hydrogens (tertiary/aromatic N) is 1. The van der Waals surface area contributed by atoms with Gasteiger partial charge in [0.05, 0.1) is 36.9 Å². The van der Waals surface area contributed by atoms with Gasteiger partial charge in [-0.2, -0.15) is 0 Å². The van der Waals surface area contributed by atoms with Crippen LogP contribution < -0.4 is 14.2 Å². The SMILES string of the molecule is COc1c(C(=O)O)cc(-c2sc(C)nc2C)c(OC)c1OC. The molecule has 1 heterocycles. The van der Waals surface area contributed by atoms with E-state index in [0.29, 0.717) is 11.3 Å². The van der Waals surface area contributed by atoms with Gasteiger partial charge in [-0.15, -0.1) is 11.3 Å². The number of carboxylic acid groups (broad SMARTS) is 1. The summed E-state index contributed by atoms with van der Waals surface area (Å²) in [5, 5.41) is 10.3. The standard InChI is InChI=1S/C15H17NO5S/c1-7-14(22-8(2)16-7)9-6-10(15(17)18)12(20-4)13(21-5)11(9)19-3/h6H,1-5H3,(H,17,18). The Morgan fingerprint density at radius 3 is 2.09 bits per heavy atom. The fourth-order valence-corrected chi connectivity index (χ4v) is 3.26. The van der Waals surface area contributed by atoms with Gasteiger partial charge >= 0.3 is 5.97 Å². The molecule has 0 aliphatic rings. The molecule has 1 aromatic heterocycles. The molecule has 0 radical (unpaired) electrons. The van der Waals surface area contributed by atoms with Crippen LogP contribution in [-0.4, -0.2) is 37.4 Å². The summed E-state index contributed by atoms with van der Waals surface area (Å²) in [5.41, 5.74) is 1.45. The third-order valence-corrected chi connectivity index (χ3v) is 4.29. The van der Waals surface area contributed by atoms with Gasteiger partial charge in [0.25, 0.3) is 0 Å². The lowest BCUT2D eigenvalue weighted by Gasteiger charge is -2.17. The van der Waals surface area contributed by atoms with Crippen molar-refractivity contribution in [3.8, 4) is 27.7 Å². The zero-order chi connectivity index (χ0) is 16.4. The van der Waals surface area contributed by atoms with E-state index >= 15 is 0 Å². The summed E-state index contributed by atoms with van der Waals surface area (Å²) in [6.45, 7) is 3.77. The van der Waals surface area contributed by atoms with Crippen LogP contribution >= 0.6 is 11.3 Å². The van der Waals surface area contributed by atoms with E-state index in [4.69, 9.17) is 14.2 Å². The minimum Gasteiger partial charge on any atom is -0.492 e. The number of methoxy groups -OCH3 is 3. The van der Waals surface area contributed by atoms with E-state index in [1.165, 1.54) is 38.7 Å². The Labute approximate surface area is 132 Å². The number of ether oxygens (including phenoxy) is 3. The number of carboxylic acids is 1. The number of aromatic nitrogens is 1. The van der Waals surface area contributed by atoms with Crippen LogP contribution in [0.25, 0.3) is 10.4 Å². The summed E-state index contributed by atoms with van der Waals surface area (Å²) in [6, 6.07) is 1.53. The molecule has 22 heavy (non-hydrogen) atoms. The minimum atomic E-state index is -1.10. The highest BCUT2D eigenvalue weighted by Crippen LogP contribution is 2.48. The highest BCUT2D eigenvalue weighted by atomic mass is 32.1. The summed E-state index contributed by atoms with van der Waals surface area (Å²) in [5.74, 6) is -0.283. The minimum absolute atomic E-state index is 0.0144. The third kappa shape index (κ3) is 2.59. The van der Waals surface area contributed by atoms with Crippen molar-refractivity contribution in [3.05, 3.63) is 22.3 Å². The van der Waals surface area contributed by atoms with Crippen molar-refractivity contribution in [1.29, 1.82) is 0 Å². The molecular weight excluding hydrogens is 306 g/mol. The molecule has 0 atom stereocenters. The predicted octanol–water partition coefficient (Wildman–Crippen LogP) is 3.15. The highest BCUT2D eigenvalue weighted by Gasteiger charge is 2.26. The average molecular weight is 323 g/mol. The number of hydrogen-bond donors (Lipinski definition) is 1. The Morgan fingerprint density at radius 2 is 1.68 bits per heavy atom. The van der Waals surface area contributed by atoms with Crippen molar-refractivity contribution < 1.29 is 24.1 Å². The lowest BCUT2D eigenvalue weighted by Crippen LogP contribution is -2.05. The number of carbonyl (C=O) groups is 1. The molecule has 2 aromatic rings. The van der Waals surface area contributed by atoms with Crippen LogP contribution in [0.15, 0.2) is 6.07 Å². The third-order valence-electron chi connectivity index (χ3n) is 3.18. The van der Waals surface area contributed by atoms with Gasteiger partial charge < -0.3 is 19.3 Å². The predicted molar refractivity (Wildman–Crippen MR) is 83.6 cm³/mol. The molecule has 0 spiro atoms. The van der Waals surface area contributed by atoms with Crippen molar-refractivity contribution in [3.63, 3.8) is 0 Å². The second-order valence-corrected chi connectivity index (χ2v) is 5.73. The van der Waals surface area contributed by atoms with Gasteiger partial charge in [0.2, 0.25) is 5.75 Å². The van der Waals surface area contributed by atoms with Crippen LogP contribution in [0.5, 0.6) is 17.2 Å². The van der Waals surface area contributed by atoms with Crippen LogP contribution in [0, 0.1) is 13.8 Å². The second-order valence-electron chi connectivity index (χ2n) is 4.52. The zero-order valence-corrected chi connectivity index (χ0v) is 13.8. The molecular formula is C15H17NO5S. The van der Waals surface area contributed by atoms with Crippen molar-refractivity contribution in [2.24, 2.45) is 0 Å². The van der Waals surface area contributed by atoms with E-state index in [1.54, 1.807) is 0 Å². The van der Waals surface area contributed by atoms with Gasteiger partial charge in [0.15, 0.2) is 11.5 Å². The fourth-order valence-electron chi connectivity index (χ4n) is 2.32. The molecule has 0 saturated heterocycles. The Hall–Kier alpha value is -2.28. The van der Waals surface area contributed by atoms with E-state index < -0.39 is 5.97 Å². The molecule has 0 aliphatic carbocycles. The number of benzene rings is 1. The van der Waals surface area contributed by atoms with Crippen LogP contribution in [0.4, 0.5) is 0 Å². The second kappa shape index (κ2) is 6.23. The molecule has 6 nitrogen and oxygen atoms in total. The van der Waals surface area contributed by atoms with E-state index in [-0.39, 0.29) is 17.1 Å². The quantitative estimate of drug-likeness (QED) is 0.910. The van der Waals surface area contributed by atoms with Gasteiger partial charge in [-0.1, -0.05) is 0 Å². The smallest absolute Gasteiger partial charge is 0.339 e. The maximum absolute atomic E-state index is 11.5. The summed E-state index contributed by atoms with van der Waals surface area (Å²) in [7, 11) is 4.34. The Kier molecular flexibility index (Phi) is 4.56. The lowest BCUT2D eigenvalue weighted by atomic mass is 10.0. The van der Waals surface area contributed by atoms with Crippen molar-refractivity contribution in [2.75, 3.05) is 21.3 Å². The molecule has 0 fully saturated rings. The van der Waals surface area contributed by atoms with Crippen LogP contribution in [0.1, 0.15) is 21.1 Å². The van der Waals surface area contributed by atoms with E-state index in [2.05, 4.69) is 4.98 Å². The van der Waals surface area contributed by atoms with Gasteiger partial charge in [-0.05, 0) is 19.9 Å². The fraction of sp³-hybridized carbons (Fsp3) is 0.333. The largest absolute Gasteiger partial charge is 0.492 e. The van der Waals surface area contributed by atoms with E-state index in [0.717, 1.165) is 15.6 Å². The first kappa shape index (κ1) is 16.1. The van der Waals surface area contributed by atoms with E-state index in [9.17, 15) is 9.90 Å². The maximum Gasteiger partial charge on any atom is 0.339 e. The molecule has 1 aromatic carbocycles. The number of thiazole rings is 1. The normalized spacial score (nSPS) is 10.4. The number of aromatic carboxylic acids is 1. The first-order valence-electron chi connectivity index (χ1n) is 6.45. The molecule has 118 valence electrons. The Balaban J connectivity index is 2.86. The summed E-state index contributed by atoms with van der Waals surface area (Å²) in [4.78, 5) is 16.8. The number of aryl methyl sites for hydroxylation is 2. The topological polar surface area (TPSA) is 77.9 Å². The molecule has 0 bridgehead atoms. The van der Waals surface area contributed by atoms with Gasteiger partial charge in [-0.25, -0.2) is 9.78 Å². The first-order valence-corrected chi connectivity index (χ1v) is 7.26. The molecule has 1 N–H and O–H groups in total. The Morgan fingerprint density at radius 1 is 1.09 bits per heavy atom. The lowest BCUT2D eigenvalue weighted by molar-refractivity contribution is 0.0692. The molecule has 2 rings (SSSR count). The van der Waals surface area contributed by atoms with Crippen molar-refractivity contribution in [2.45, 2.75) is 13.8 Å². The molecule has 0 unspecified atom stereocenters. The number of rotatable bonds is 5. The Bertz CT molecular complexity index is 723. The van der Waals surface area contributed by atoms with Gasteiger partial charge in [0.1, 0.15) is 5.56 Å². The number of hydrogen-bond acceptors (Lipinski definition) is 6. The average Bonchev–Trinajstić information content (AvgIpc) is 2.82. The summed E-state index contributed by atoms with van der Waals surface area (Å²) in [6.07, 6.45) is 0. The van der Waals surface area contributed by atoms with E-state index in [1.807, 2.05) is 13.8 Å². The molecule has 0 saturated carbocycles. The summed E-state index contributed by atoms with van der Waals surface area (Å²) < 4.78 is 16.0. The van der Waals surface area contributed by atoms with Crippen molar-refractivity contribution in [1.82, 2.24) is 4.98 Å².